The van der Waals surface area contributed by atoms with E-state index in [1.54, 1.807) is 20.8 Å². The summed E-state index contributed by atoms with van der Waals surface area (Å²) >= 11 is 0. The summed E-state index contributed by atoms with van der Waals surface area (Å²) in [4.78, 5) is 11.9. The van der Waals surface area contributed by atoms with Crippen molar-refractivity contribution in [2.45, 2.75) is 69.9 Å². The zero-order valence-electron chi connectivity index (χ0n) is 14.6. The molecule has 140 valence electrons. The minimum atomic E-state index is -4.46. The van der Waals surface area contributed by atoms with Crippen LogP contribution in [-0.4, -0.2) is 22.8 Å². The van der Waals surface area contributed by atoms with Crippen molar-refractivity contribution < 1.29 is 27.8 Å². The molecule has 1 aliphatic carbocycles. The Morgan fingerprint density at radius 1 is 1.32 bits per heavy atom. The third-order valence-corrected chi connectivity index (χ3v) is 4.18. The normalized spacial score (nSPS) is 24.7. The summed E-state index contributed by atoms with van der Waals surface area (Å²) in [6.07, 6.45) is -3.33. The number of hydrogen-bond donors (Lipinski definition) is 2. The van der Waals surface area contributed by atoms with Crippen molar-refractivity contribution in [3.63, 3.8) is 0 Å². The smallest absolute Gasteiger partial charge is 0.416 e. The molecule has 1 saturated carbocycles. The Bertz CT molecular complexity index is 625. The summed E-state index contributed by atoms with van der Waals surface area (Å²) in [5.74, 6) is 0. The van der Waals surface area contributed by atoms with Crippen LogP contribution in [0.25, 0.3) is 0 Å². The molecule has 0 aromatic heterocycles. The lowest BCUT2D eigenvalue weighted by molar-refractivity contribution is -0.137. The number of carbonyl (C=O) groups excluding carboxylic acids is 1. The van der Waals surface area contributed by atoms with E-state index in [1.165, 1.54) is 12.1 Å². The van der Waals surface area contributed by atoms with Gasteiger partial charge in [0.2, 0.25) is 0 Å². The van der Waals surface area contributed by atoms with E-state index in [4.69, 9.17) is 4.74 Å². The molecule has 2 atom stereocenters. The number of ether oxygens (including phenoxy) is 1. The molecule has 0 saturated heterocycles. The Labute approximate surface area is 145 Å². The lowest BCUT2D eigenvalue weighted by Crippen LogP contribution is -2.45. The maximum absolute atomic E-state index is 12.9. The summed E-state index contributed by atoms with van der Waals surface area (Å²) in [7, 11) is 0. The second-order valence-electron chi connectivity index (χ2n) is 7.55. The van der Waals surface area contributed by atoms with Crippen molar-refractivity contribution in [2.24, 2.45) is 0 Å². The van der Waals surface area contributed by atoms with Crippen molar-refractivity contribution in [1.82, 2.24) is 5.32 Å². The first-order valence-electron chi connectivity index (χ1n) is 8.29. The highest BCUT2D eigenvalue weighted by Crippen LogP contribution is 2.39. The van der Waals surface area contributed by atoms with E-state index in [2.05, 4.69) is 5.32 Å². The van der Waals surface area contributed by atoms with Gasteiger partial charge in [-0.15, -0.1) is 0 Å². The van der Waals surface area contributed by atoms with Gasteiger partial charge in [0.25, 0.3) is 0 Å². The highest BCUT2D eigenvalue weighted by atomic mass is 19.4. The predicted octanol–water partition coefficient (Wildman–Crippen LogP) is 4.36. The molecule has 2 unspecified atom stereocenters. The monoisotopic (exact) mass is 359 g/mol. The Morgan fingerprint density at radius 2 is 2.00 bits per heavy atom. The minimum absolute atomic E-state index is 0.146. The zero-order valence-corrected chi connectivity index (χ0v) is 14.6. The van der Waals surface area contributed by atoms with Crippen LogP contribution in [0.1, 0.15) is 57.6 Å². The second kappa shape index (κ2) is 6.86. The molecule has 7 heteroatoms. The molecule has 4 nitrogen and oxygen atoms in total. The summed E-state index contributed by atoms with van der Waals surface area (Å²) in [5.41, 5.74) is -2.62. The number of rotatable bonds is 2. The molecule has 2 N–H and O–H groups in total. The summed E-state index contributed by atoms with van der Waals surface area (Å²) in [6, 6.07) is 4.39. The van der Waals surface area contributed by atoms with Crippen molar-refractivity contribution in [3.05, 3.63) is 35.4 Å². The number of alkyl halides is 3. The van der Waals surface area contributed by atoms with E-state index in [1.807, 2.05) is 0 Å². The lowest BCUT2D eigenvalue weighted by atomic mass is 9.77. The number of amides is 1. The second-order valence-corrected chi connectivity index (χ2v) is 7.55. The molecule has 0 radical (unpaired) electrons. The van der Waals surface area contributed by atoms with Crippen LogP contribution in [-0.2, 0) is 16.5 Å². The molecule has 0 spiro atoms. The van der Waals surface area contributed by atoms with Crippen molar-refractivity contribution in [1.29, 1.82) is 0 Å². The van der Waals surface area contributed by atoms with Crippen LogP contribution in [0, 0.1) is 0 Å². The fraction of sp³-hybridized carbons (Fsp3) is 0.611. The molecule has 1 aliphatic rings. The molecular formula is C18H24F3NO3. The van der Waals surface area contributed by atoms with Gasteiger partial charge in [0.1, 0.15) is 5.60 Å². The van der Waals surface area contributed by atoms with E-state index >= 15 is 0 Å². The highest BCUT2D eigenvalue weighted by Gasteiger charge is 2.39. The SMILES string of the molecule is CC(C)(C)OC(=O)NC1CCCC(O)(c2cccc(C(F)(F)F)c2)C1. The molecule has 1 aromatic rings. The number of halogens is 3. The molecule has 25 heavy (non-hydrogen) atoms. The van der Waals surface area contributed by atoms with Gasteiger partial charge < -0.3 is 15.2 Å². The number of aliphatic hydroxyl groups is 1. The first-order chi connectivity index (χ1) is 11.4. The predicted molar refractivity (Wildman–Crippen MR) is 87.0 cm³/mol. The van der Waals surface area contributed by atoms with E-state index in [0.717, 1.165) is 12.1 Å². The summed E-state index contributed by atoms with van der Waals surface area (Å²) < 4.78 is 43.9. The summed E-state index contributed by atoms with van der Waals surface area (Å²) in [6.45, 7) is 5.23. The van der Waals surface area contributed by atoms with Crippen LogP contribution in [0.5, 0.6) is 0 Å². The van der Waals surface area contributed by atoms with Crippen LogP contribution in [0.2, 0.25) is 0 Å². The van der Waals surface area contributed by atoms with E-state index in [-0.39, 0.29) is 18.0 Å². The standard InChI is InChI=1S/C18H24F3NO3/c1-16(2,3)25-15(23)22-14-8-5-9-17(24,11-14)12-6-4-7-13(10-12)18(19,20)21/h4,6-7,10,14,24H,5,8-9,11H2,1-3H3,(H,22,23). The first-order valence-corrected chi connectivity index (χ1v) is 8.29. The Morgan fingerprint density at radius 3 is 2.60 bits per heavy atom. The van der Waals surface area contributed by atoms with E-state index in [0.29, 0.717) is 19.3 Å². The first kappa shape index (κ1) is 19.6. The number of carbonyl (C=O) groups is 1. The number of alkyl carbamates (subject to hydrolysis) is 1. The van der Waals surface area contributed by atoms with E-state index in [9.17, 15) is 23.1 Å². The third kappa shape index (κ3) is 5.36. The fourth-order valence-electron chi connectivity index (χ4n) is 3.10. The number of nitrogens with one attached hydrogen (secondary N) is 1. The van der Waals surface area contributed by atoms with Crippen molar-refractivity contribution in [3.8, 4) is 0 Å². The zero-order chi connectivity index (χ0) is 18.9. The minimum Gasteiger partial charge on any atom is -0.444 e. The quantitative estimate of drug-likeness (QED) is 0.825. The number of benzene rings is 1. The average molecular weight is 359 g/mol. The van der Waals surface area contributed by atoms with Gasteiger partial charge >= 0.3 is 12.3 Å². The molecule has 0 heterocycles. The average Bonchev–Trinajstić information content (AvgIpc) is 2.44. The van der Waals surface area contributed by atoms with Gasteiger partial charge in [-0.25, -0.2) is 4.79 Å². The Kier molecular flexibility index (Phi) is 5.37. The van der Waals surface area contributed by atoms with Crippen LogP contribution < -0.4 is 5.32 Å². The molecular weight excluding hydrogens is 335 g/mol. The van der Waals surface area contributed by atoms with Gasteiger partial charge in [0, 0.05) is 12.5 Å². The molecule has 1 amide bonds. The van der Waals surface area contributed by atoms with Crippen LogP contribution in [0.15, 0.2) is 24.3 Å². The third-order valence-electron chi connectivity index (χ3n) is 4.18. The fourth-order valence-corrected chi connectivity index (χ4v) is 3.10. The molecule has 2 rings (SSSR count). The maximum atomic E-state index is 12.9. The highest BCUT2D eigenvalue weighted by molar-refractivity contribution is 5.68. The van der Waals surface area contributed by atoms with Crippen LogP contribution >= 0.6 is 0 Å². The van der Waals surface area contributed by atoms with Gasteiger partial charge in [0.15, 0.2) is 0 Å². The Balaban J connectivity index is 2.12. The van der Waals surface area contributed by atoms with Crippen molar-refractivity contribution >= 4 is 6.09 Å². The summed E-state index contributed by atoms with van der Waals surface area (Å²) in [5, 5.41) is 13.6. The Hall–Kier alpha value is -1.76. The van der Waals surface area contributed by atoms with Gasteiger partial charge in [-0.05, 0) is 57.7 Å². The largest absolute Gasteiger partial charge is 0.444 e. The molecule has 0 aliphatic heterocycles. The van der Waals surface area contributed by atoms with Gasteiger partial charge in [-0.1, -0.05) is 12.1 Å². The maximum Gasteiger partial charge on any atom is 0.416 e. The molecule has 0 bridgehead atoms. The van der Waals surface area contributed by atoms with Gasteiger partial charge in [0.05, 0.1) is 11.2 Å². The van der Waals surface area contributed by atoms with E-state index < -0.39 is 29.0 Å². The lowest BCUT2D eigenvalue weighted by Gasteiger charge is -2.38. The van der Waals surface area contributed by atoms with Gasteiger partial charge in [-0.3, -0.25) is 0 Å². The van der Waals surface area contributed by atoms with Crippen molar-refractivity contribution in [2.75, 3.05) is 0 Å². The molecule has 1 aromatic carbocycles. The molecule has 1 fully saturated rings. The van der Waals surface area contributed by atoms with Crippen LogP contribution in [0.4, 0.5) is 18.0 Å². The van der Waals surface area contributed by atoms with Gasteiger partial charge in [-0.2, -0.15) is 13.2 Å². The van der Waals surface area contributed by atoms with Crippen LogP contribution in [0.3, 0.4) is 0 Å². The number of hydrogen-bond acceptors (Lipinski definition) is 3. The topological polar surface area (TPSA) is 58.6 Å².